The standard InChI is InChI=1S/C13H20NO4PS/c1-4-16-19(20,17-5-2)18-11-13(15)14(3)12-9-7-6-8-10-12/h6-10H,4-5,11H2,1-3H3. The SMILES string of the molecule is CCOP(=S)(OCC)OCC(=O)N(C)c1ccccc1. The van der Waals surface area contributed by atoms with Gasteiger partial charge >= 0.3 is 6.72 Å². The summed E-state index contributed by atoms with van der Waals surface area (Å²) in [6.45, 7) is 1.41. The molecule has 0 atom stereocenters. The van der Waals surface area contributed by atoms with E-state index in [1.807, 2.05) is 30.3 Å². The molecule has 7 heteroatoms. The van der Waals surface area contributed by atoms with Gasteiger partial charge in [0.05, 0.1) is 13.2 Å². The van der Waals surface area contributed by atoms with E-state index in [9.17, 15) is 4.79 Å². The monoisotopic (exact) mass is 317 g/mol. The minimum atomic E-state index is -2.82. The molecular formula is C13H20NO4PS. The molecule has 0 saturated heterocycles. The number of para-hydroxylation sites is 1. The van der Waals surface area contributed by atoms with Gasteiger partial charge in [0, 0.05) is 12.7 Å². The highest BCUT2D eigenvalue weighted by molar-refractivity contribution is 8.07. The van der Waals surface area contributed by atoms with E-state index in [1.54, 1.807) is 20.9 Å². The fourth-order valence-corrected chi connectivity index (χ4v) is 3.37. The molecule has 5 nitrogen and oxygen atoms in total. The Balaban J connectivity index is 2.59. The van der Waals surface area contributed by atoms with Crippen molar-refractivity contribution in [3.63, 3.8) is 0 Å². The van der Waals surface area contributed by atoms with E-state index in [0.29, 0.717) is 13.2 Å². The van der Waals surface area contributed by atoms with E-state index in [1.165, 1.54) is 4.90 Å². The average molecular weight is 317 g/mol. The smallest absolute Gasteiger partial charge is 0.313 e. The highest BCUT2D eigenvalue weighted by Gasteiger charge is 2.22. The topological polar surface area (TPSA) is 48.0 Å². The van der Waals surface area contributed by atoms with Crippen molar-refractivity contribution in [3.8, 4) is 0 Å². The van der Waals surface area contributed by atoms with E-state index >= 15 is 0 Å². The van der Waals surface area contributed by atoms with Crippen LogP contribution in [0.3, 0.4) is 0 Å². The summed E-state index contributed by atoms with van der Waals surface area (Å²) in [6, 6.07) is 9.32. The molecule has 20 heavy (non-hydrogen) atoms. The second-order valence-electron chi connectivity index (χ2n) is 3.84. The molecule has 0 unspecified atom stereocenters. The summed E-state index contributed by atoms with van der Waals surface area (Å²) in [7, 11) is 1.69. The number of carbonyl (C=O) groups is 1. The number of hydrogen-bond donors (Lipinski definition) is 0. The number of amides is 1. The average Bonchev–Trinajstić information content (AvgIpc) is 2.45. The molecule has 112 valence electrons. The number of carbonyl (C=O) groups excluding carboxylic acids is 1. The van der Waals surface area contributed by atoms with Crippen LogP contribution in [0.5, 0.6) is 0 Å². The van der Waals surface area contributed by atoms with Gasteiger partial charge in [0.15, 0.2) is 0 Å². The quantitative estimate of drug-likeness (QED) is 0.690. The molecule has 0 radical (unpaired) electrons. The van der Waals surface area contributed by atoms with Crippen molar-refractivity contribution >= 4 is 30.1 Å². The predicted molar refractivity (Wildman–Crippen MR) is 83.3 cm³/mol. The van der Waals surface area contributed by atoms with Gasteiger partial charge in [-0.15, -0.1) is 0 Å². The molecule has 0 saturated carbocycles. The van der Waals surface area contributed by atoms with Gasteiger partial charge in [0.2, 0.25) is 0 Å². The first-order valence-electron chi connectivity index (χ1n) is 6.37. The van der Waals surface area contributed by atoms with Gasteiger partial charge < -0.3 is 13.9 Å². The molecule has 0 N–H and O–H groups in total. The molecule has 0 aliphatic carbocycles. The summed E-state index contributed by atoms with van der Waals surface area (Å²) in [6.07, 6.45) is 0. The van der Waals surface area contributed by atoms with Crippen LogP contribution in [0.1, 0.15) is 13.8 Å². The Morgan fingerprint density at radius 2 is 1.70 bits per heavy atom. The molecule has 0 bridgehead atoms. The van der Waals surface area contributed by atoms with Crippen LogP contribution in [0, 0.1) is 0 Å². The number of benzene rings is 1. The first kappa shape index (κ1) is 17.3. The predicted octanol–water partition coefficient (Wildman–Crippen LogP) is 2.96. The van der Waals surface area contributed by atoms with Crippen molar-refractivity contribution in [3.05, 3.63) is 30.3 Å². The molecule has 0 spiro atoms. The van der Waals surface area contributed by atoms with Crippen molar-refractivity contribution < 1.29 is 18.4 Å². The first-order valence-corrected chi connectivity index (χ1v) is 8.93. The van der Waals surface area contributed by atoms with E-state index in [-0.39, 0.29) is 12.5 Å². The van der Waals surface area contributed by atoms with Crippen LogP contribution in [0.25, 0.3) is 0 Å². The maximum absolute atomic E-state index is 12.1. The lowest BCUT2D eigenvalue weighted by Crippen LogP contribution is -2.29. The van der Waals surface area contributed by atoms with Gasteiger partial charge in [0.1, 0.15) is 6.61 Å². The summed E-state index contributed by atoms with van der Waals surface area (Å²) in [4.78, 5) is 13.6. The summed E-state index contributed by atoms with van der Waals surface area (Å²) in [5.74, 6) is -0.204. The van der Waals surface area contributed by atoms with E-state index < -0.39 is 6.72 Å². The zero-order valence-electron chi connectivity index (χ0n) is 11.9. The van der Waals surface area contributed by atoms with Crippen LogP contribution in [0.2, 0.25) is 0 Å². The third-order valence-electron chi connectivity index (χ3n) is 2.44. The molecule has 0 heterocycles. The number of anilines is 1. The molecule has 0 aliphatic rings. The van der Waals surface area contributed by atoms with Gasteiger partial charge in [0.25, 0.3) is 5.91 Å². The van der Waals surface area contributed by atoms with E-state index in [0.717, 1.165) is 5.69 Å². The highest BCUT2D eigenvalue weighted by Crippen LogP contribution is 2.49. The van der Waals surface area contributed by atoms with E-state index in [4.69, 9.17) is 25.4 Å². The van der Waals surface area contributed by atoms with Crippen molar-refractivity contribution in [2.45, 2.75) is 13.8 Å². The largest absolute Gasteiger partial charge is 0.327 e. The number of hydrogen-bond acceptors (Lipinski definition) is 5. The lowest BCUT2D eigenvalue weighted by Gasteiger charge is -2.22. The van der Waals surface area contributed by atoms with Gasteiger partial charge in [-0.25, -0.2) is 0 Å². The number of likely N-dealkylation sites (N-methyl/N-ethyl adjacent to an activating group) is 1. The third-order valence-corrected chi connectivity index (χ3v) is 4.98. The molecule has 1 aromatic carbocycles. The Labute approximate surface area is 125 Å². The fraction of sp³-hybridized carbons (Fsp3) is 0.462. The Bertz CT molecular complexity index is 459. The van der Waals surface area contributed by atoms with Gasteiger partial charge in [-0.2, -0.15) is 0 Å². The molecule has 0 fully saturated rings. The van der Waals surface area contributed by atoms with Crippen LogP contribution < -0.4 is 4.90 Å². The maximum atomic E-state index is 12.1. The normalized spacial score (nSPS) is 11.3. The van der Waals surface area contributed by atoms with Crippen LogP contribution >= 0.6 is 6.72 Å². The Morgan fingerprint density at radius 1 is 1.15 bits per heavy atom. The zero-order valence-corrected chi connectivity index (χ0v) is 13.7. The second kappa shape index (κ2) is 8.49. The molecule has 0 aliphatic heterocycles. The molecule has 1 rings (SSSR count). The Kier molecular flexibility index (Phi) is 7.34. The first-order chi connectivity index (χ1) is 9.52. The molecular weight excluding hydrogens is 297 g/mol. The van der Waals surface area contributed by atoms with Crippen LogP contribution in [0.4, 0.5) is 5.69 Å². The van der Waals surface area contributed by atoms with Crippen LogP contribution in [-0.4, -0.2) is 32.8 Å². The van der Waals surface area contributed by atoms with Crippen LogP contribution in [-0.2, 0) is 30.2 Å². The van der Waals surface area contributed by atoms with E-state index in [2.05, 4.69) is 0 Å². The third kappa shape index (κ3) is 5.31. The summed E-state index contributed by atoms with van der Waals surface area (Å²) in [5.41, 5.74) is 0.794. The molecule has 1 amide bonds. The van der Waals surface area contributed by atoms with Crippen molar-refractivity contribution in [2.75, 3.05) is 31.8 Å². The van der Waals surface area contributed by atoms with Crippen LogP contribution in [0.15, 0.2) is 30.3 Å². The summed E-state index contributed by atoms with van der Waals surface area (Å²) >= 11 is 5.20. The maximum Gasteiger partial charge on any atom is 0.327 e. The molecule has 1 aromatic rings. The summed E-state index contributed by atoms with van der Waals surface area (Å²) < 4.78 is 16.0. The number of rotatable bonds is 8. The van der Waals surface area contributed by atoms with Gasteiger partial charge in [-0.05, 0) is 37.8 Å². The number of nitrogens with zero attached hydrogens (tertiary/aromatic N) is 1. The Hall–Kier alpha value is -0.780. The lowest BCUT2D eigenvalue weighted by atomic mass is 10.3. The minimum Gasteiger partial charge on any atom is -0.313 e. The highest BCUT2D eigenvalue weighted by atomic mass is 32.5. The molecule has 0 aromatic heterocycles. The van der Waals surface area contributed by atoms with Crippen molar-refractivity contribution in [1.82, 2.24) is 0 Å². The zero-order chi connectivity index (χ0) is 15.0. The van der Waals surface area contributed by atoms with Gasteiger partial charge in [-0.1, -0.05) is 18.2 Å². The minimum absolute atomic E-state index is 0.164. The van der Waals surface area contributed by atoms with Crippen molar-refractivity contribution in [1.29, 1.82) is 0 Å². The lowest BCUT2D eigenvalue weighted by molar-refractivity contribution is -0.120. The van der Waals surface area contributed by atoms with Gasteiger partial charge in [-0.3, -0.25) is 9.32 Å². The summed E-state index contributed by atoms with van der Waals surface area (Å²) in [5, 5.41) is 0. The van der Waals surface area contributed by atoms with Crippen molar-refractivity contribution in [2.24, 2.45) is 0 Å². The fourth-order valence-electron chi connectivity index (χ4n) is 1.45. The second-order valence-corrected chi connectivity index (χ2v) is 6.86. The Morgan fingerprint density at radius 3 is 2.20 bits per heavy atom.